The first-order valence-electron chi connectivity index (χ1n) is 8.20. The number of nitrogens with zero attached hydrogens (tertiary/aromatic N) is 2. The number of ether oxygens (including phenoxy) is 1. The highest BCUT2D eigenvalue weighted by Crippen LogP contribution is 2.23. The molecule has 0 aliphatic rings. The lowest BCUT2D eigenvalue weighted by molar-refractivity contribution is -0.121. The van der Waals surface area contributed by atoms with Crippen LogP contribution in [-0.4, -0.2) is 25.0 Å². The van der Waals surface area contributed by atoms with Crippen molar-refractivity contribution in [1.29, 1.82) is 5.26 Å². The van der Waals surface area contributed by atoms with Gasteiger partial charge in [0.25, 0.3) is 5.91 Å². The molecule has 0 saturated carbocycles. The van der Waals surface area contributed by atoms with E-state index in [-0.39, 0.29) is 18.5 Å². The SMILES string of the molecule is Cc1ccc(C(=O)OCC(=O)N(CCC#N)c2ccc(Cl)c(C)c2)cc1F. The van der Waals surface area contributed by atoms with E-state index in [9.17, 15) is 14.0 Å². The molecule has 0 unspecified atom stereocenters. The zero-order chi connectivity index (χ0) is 20.0. The highest BCUT2D eigenvalue weighted by Gasteiger charge is 2.19. The lowest BCUT2D eigenvalue weighted by Gasteiger charge is -2.22. The van der Waals surface area contributed by atoms with Gasteiger partial charge in [-0.3, -0.25) is 4.79 Å². The Kier molecular flexibility index (Phi) is 6.91. The normalized spacial score (nSPS) is 10.2. The van der Waals surface area contributed by atoms with Gasteiger partial charge in [0.05, 0.1) is 18.1 Å². The number of amides is 1. The molecule has 0 aliphatic carbocycles. The van der Waals surface area contributed by atoms with E-state index < -0.39 is 24.3 Å². The van der Waals surface area contributed by atoms with Crippen molar-refractivity contribution in [3.05, 3.63) is 63.9 Å². The maximum absolute atomic E-state index is 13.6. The summed E-state index contributed by atoms with van der Waals surface area (Å²) < 4.78 is 18.6. The summed E-state index contributed by atoms with van der Waals surface area (Å²) in [4.78, 5) is 25.9. The molecule has 0 spiro atoms. The van der Waals surface area contributed by atoms with Crippen molar-refractivity contribution in [2.24, 2.45) is 0 Å². The van der Waals surface area contributed by atoms with Crippen LogP contribution in [0.25, 0.3) is 0 Å². The molecule has 2 aromatic carbocycles. The molecule has 0 fully saturated rings. The van der Waals surface area contributed by atoms with Crippen molar-refractivity contribution in [2.75, 3.05) is 18.1 Å². The van der Waals surface area contributed by atoms with Crippen molar-refractivity contribution in [3.8, 4) is 6.07 Å². The summed E-state index contributed by atoms with van der Waals surface area (Å²) in [6.45, 7) is 2.99. The van der Waals surface area contributed by atoms with Crippen LogP contribution in [-0.2, 0) is 9.53 Å². The van der Waals surface area contributed by atoms with Crippen LogP contribution in [0.5, 0.6) is 0 Å². The van der Waals surface area contributed by atoms with E-state index >= 15 is 0 Å². The second-order valence-corrected chi connectivity index (χ2v) is 6.33. The zero-order valence-corrected chi connectivity index (χ0v) is 15.7. The molecule has 27 heavy (non-hydrogen) atoms. The Hall–Kier alpha value is -2.91. The second-order valence-electron chi connectivity index (χ2n) is 5.93. The summed E-state index contributed by atoms with van der Waals surface area (Å²) >= 11 is 6.01. The van der Waals surface area contributed by atoms with E-state index in [1.807, 2.05) is 6.07 Å². The van der Waals surface area contributed by atoms with Crippen LogP contribution < -0.4 is 4.90 Å². The number of benzene rings is 2. The molecule has 1 amide bonds. The number of carbonyl (C=O) groups is 2. The summed E-state index contributed by atoms with van der Waals surface area (Å²) in [5.74, 6) is -1.81. The molecule has 0 N–H and O–H groups in total. The van der Waals surface area contributed by atoms with Crippen molar-refractivity contribution in [2.45, 2.75) is 20.3 Å². The fraction of sp³-hybridized carbons (Fsp3) is 0.250. The van der Waals surface area contributed by atoms with Crippen LogP contribution in [0.2, 0.25) is 5.02 Å². The molecule has 5 nitrogen and oxygen atoms in total. The van der Waals surface area contributed by atoms with E-state index in [1.54, 1.807) is 32.0 Å². The number of hydrogen-bond donors (Lipinski definition) is 0. The summed E-state index contributed by atoms with van der Waals surface area (Å²) in [6, 6.07) is 11.0. The van der Waals surface area contributed by atoms with Crippen LogP contribution in [0.15, 0.2) is 36.4 Å². The summed E-state index contributed by atoms with van der Waals surface area (Å²) in [6.07, 6.45) is 0.116. The maximum atomic E-state index is 13.6. The molecule has 140 valence electrons. The third kappa shape index (κ3) is 5.28. The molecule has 2 aromatic rings. The minimum Gasteiger partial charge on any atom is -0.452 e. The summed E-state index contributed by atoms with van der Waals surface area (Å²) in [7, 11) is 0. The fourth-order valence-electron chi connectivity index (χ4n) is 2.36. The molecular formula is C20H18ClFN2O3. The highest BCUT2D eigenvalue weighted by molar-refractivity contribution is 6.31. The largest absolute Gasteiger partial charge is 0.452 e. The molecular weight excluding hydrogens is 371 g/mol. The number of hydrogen-bond acceptors (Lipinski definition) is 4. The quantitative estimate of drug-likeness (QED) is 0.695. The number of aryl methyl sites for hydroxylation is 2. The third-order valence-electron chi connectivity index (χ3n) is 3.94. The number of nitriles is 1. The van der Waals surface area contributed by atoms with Crippen LogP contribution in [0, 0.1) is 31.0 Å². The number of esters is 1. The van der Waals surface area contributed by atoms with E-state index in [0.717, 1.165) is 11.6 Å². The Morgan fingerprint density at radius 2 is 1.93 bits per heavy atom. The Bertz CT molecular complexity index is 909. The Morgan fingerprint density at radius 3 is 2.56 bits per heavy atom. The Labute approximate surface area is 161 Å². The molecule has 7 heteroatoms. The monoisotopic (exact) mass is 388 g/mol. The van der Waals surface area contributed by atoms with Gasteiger partial charge in [-0.05, 0) is 55.3 Å². The molecule has 0 aromatic heterocycles. The van der Waals surface area contributed by atoms with Gasteiger partial charge in [0.15, 0.2) is 6.61 Å². The molecule has 0 radical (unpaired) electrons. The van der Waals surface area contributed by atoms with Gasteiger partial charge in [-0.1, -0.05) is 17.7 Å². The van der Waals surface area contributed by atoms with E-state index in [2.05, 4.69) is 0 Å². The van der Waals surface area contributed by atoms with Gasteiger partial charge >= 0.3 is 5.97 Å². The van der Waals surface area contributed by atoms with Crippen LogP contribution in [0.4, 0.5) is 10.1 Å². The third-order valence-corrected chi connectivity index (χ3v) is 4.36. The van der Waals surface area contributed by atoms with E-state index in [0.29, 0.717) is 16.3 Å². The first kappa shape index (κ1) is 20.4. The lowest BCUT2D eigenvalue weighted by atomic mass is 10.1. The molecule has 0 heterocycles. The standard InChI is InChI=1S/C20H18ClFN2O3/c1-13-4-5-15(11-18(13)22)20(26)27-12-19(25)24(9-3-8-23)16-6-7-17(21)14(2)10-16/h4-7,10-11H,3,9,12H2,1-2H3. The highest BCUT2D eigenvalue weighted by atomic mass is 35.5. The van der Waals surface area contributed by atoms with Gasteiger partial charge in [-0.25, -0.2) is 9.18 Å². The molecule has 0 saturated heterocycles. The van der Waals surface area contributed by atoms with Crippen LogP contribution >= 0.6 is 11.6 Å². The van der Waals surface area contributed by atoms with Crippen molar-refractivity contribution >= 4 is 29.2 Å². The minimum atomic E-state index is -0.797. The second kappa shape index (κ2) is 9.15. The molecule has 0 atom stereocenters. The molecule has 0 aliphatic heterocycles. The predicted molar refractivity (Wildman–Crippen MR) is 100 cm³/mol. The summed E-state index contributed by atoms with van der Waals surface area (Å²) in [5, 5.41) is 9.38. The predicted octanol–water partition coefficient (Wildman–Crippen LogP) is 4.20. The van der Waals surface area contributed by atoms with Gasteiger partial charge in [0, 0.05) is 17.3 Å². The van der Waals surface area contributed by atoms with Crippen LogP contribution in [0.1, 0.15) is 27.9 Å². The zero-order valence-electron chi connectivity index (χ0n) is 15.0. The van der Waals surface area contributed by atoms with Gasteiger partial charge in [-0.2, -0.15) is 5.26 Å². The lowest BCUT2D eigenvalue weighted by Crippen LogP contribution is -2.35. The van der Waals surface area contributed by atoms with Gasteiger partial charge in [0.2, 0.25) is 0 Å². The van der Waals surface area contributed by atoms with Crippen molar-refractivity contribution in [1.82, 2.24) is 0 Å². The van der Waals surface area contributed by atoms with E-state index in [1.165, 1.54) is 17.0 Å². The Balaban J connectivity index is 2.11. The number of carbonyl (C=O) groups excluding carboxylic acids is 2. The minimum absolute atomic E-state index is 0.0248. The topological polar surface area (TPSA) is 70.4 Å². The average Bonchev–Trinajstić information content (AvgIpc) is 2.65. The Morgan fingerprint density at radius 1 is 1.19 bits per heavy atom. The van der Waals surface area contributed by atoms with Gasteiger partial charge < -0.3 is 9.64 Å². The maximum Gasteiger partial charge on any atom is 0.338 e. The van der Waals surface area contributed by atoms with Crippen molar-refractivity contribution in [3.63, 3.8) is 0 Å². The smallest absolute Gasteiger partial charge is 0.338 e. The van der Waals surface area contributed by atoms with E-state index in [4.69, 9.17) is 21.6 Å². The molecule has 2 rings (SSSR count). The summed E-state index contributed by atoms with van der Waals surface area (Å²) in [5.41, 5.74) is 1.76. The average molecular weight is 389 g/mol. The number of anilines is 1. The number of halogens is 2. The van der Waals surface area contributed by atoms with Gasteiger partial charge in [-0.15, -0.1) is 0 Å². The number of rotatable bonds is 6. The van der Waals surface area contributed by atoms with Gasteiger partial charge in [0.1, 0.15) is 5.82 Å². The fourth-order valence-corrected chi connectivity index (χ4v) is 2.48. The molecule has 0 bridgehead atoms. The first-order valence-corrected chi connectivity index (χ1v) is 8.58. The van der Waals surface area contributed by atoms with Crippen LogP contribution in [0.3, 0.4) is 0 Å². The first-order chi connectivity index (χ1) is 12.8. The van der Waals surface area contributed by atoms with Crippen molar-refractivity contribution < 1.29 is 18.7 Å².